The molecular weight excluding hydrogens is 764 g/mol. The highest BCUT2D eigenvalue weighted by molar-refractivity contribution is 7.70. The first-order valence-electron chi connectivity index (χ1n) is 19.9. The predicted molar refractivity (Wildman–Crippen MR) is 240 cm³/mol. The molecule has 0 bridgehead atoms. The lowest BCUT2D eigenvalue weighted by atomic mass is 9.86. The number of likely N-dealkylation sites (tertiary alicyclic amines) is 1. The van der Waals surface area contributed by atoms with E-state index in [4.69, 9.17) is 14.2 Å². The number of amides is 3. The van der Waals surface area contributed by atoms with Gasteiger partial charge in [0, 0.05) is 53.9 Å². The molecule has 0 saturated carbocycles. The van der Waals surface area contributed by atoms with Crippen molar-refractivity contribution >= 4 is 58.0 Å². The van der Waals surface area contributed by atoms with Gasteiger partial charge in [-0.25, -0.2) is 9.78 Å². The average Bonchev–Trinajstić information content (AvgIpc) is 3.20. The van der Waals surface area contributed by atoms with E-state index in [1.165, 1.54) is 7.11 Å². The highest BCUT2D eigenvalue weighted by Crippen LogP contribution is 2.44. The molecule has 3 amide bonds. The lowest BCUT2D eigenvalue weighted by molar-refractivity contribution is 0.0779. The summed E-state index contributed by atoms with van der Waals surface area (Å²) in [6.07, 6.45) is 4.96. The first kappa shape index (κ1) is 43.0. The summed E-state index contributed by atoms with van der Waals surface area (Å²) in [6.45, 7) is 12.5. The van der Waals surface area contributed by atoms with Crippen molar-refractivity contribution in [2.45, 2.75) is 45.4 Å². The quantitative estimate of drug-likeness (QED) is 0.0993. The molecule has 0 atom stereocenters. The fourth-order valence-electron chi connectivity index (χ4n) is 7.28. The van der Waals surface area contributed by atoms with Gasteiger partial charge in [-0.05, 0) is 112 Å². The summed E-state index contributed by atoms with van der Waals surface area (Å²) in [7, 11) is 4.35. The van der Waals surface area contributed by atoms with Gasteiger partial charge in [-0.1, -0.05) is 45.0 Å². The Balaban J connectivity index is 1.17. The Hall–Kier alpha value is -5.58. The molecule has 13 heteroatoms. The zero-order valence-corrected chi connectivity index (χ0v) is 36.5. The fourth-order valence-corrected chi connectivity index (χ4v) is 8.43. The Bertz CT molecular complexity index is 2360. The van der Waals surface area contributed by atoms with Gasteiger partial charge in [0.25, 0.3) is 5.91 Å². The van der Waals surface area contributed by atoms with Gasteiger partial charge >= 0.3 is 6.03 Å². The van der Waals surface area contributed by atoms with E-state index in [2.05, 4.69) is 53.7 Å². The third kappa shape index (κ3) is 10.7. The van der Waals surface area contributed by atoms with Gasteiger partial charge in [-0.3, -0.25) is 4.79 Å². The molecule has 0 aliphatic carbocycles. The molecule has 0 unspecified atom stereocenters. The maximum atomic E-state index is 13.6. The Morgan fingerprint density at radius 2 is 1.59 bits per heavy atom. The number of urea groups is 1. The van der Waals surface area contributed by atoms with Gasteiger partial charge in [0.15, 0.2) is 5.75 Å². The molecule has 1 fully saturated rings. The molecule has 0 spiro atoms. The summed E-state index contributed by atoms with van der Waals surface area (Å²) in [5.41, 5.74) is 2.84. The molecule has 1 aromatic heterocycles. The Kier molecular flexibility index (Phi) is 13.2. The van der Waals surface area contributed by atoms with Crippen LogP contribution in [0.4, 0.5) is 27.7 Å². The summed E-state index contributed by atoms with van der Waals surface area (Å²) in [5.74, 6) is 3.12. The number of benzene rings is 4. The molecule has 3 N–H and O–H groups in total. The van der Waals surface area contributed by atoms with Gasteiger partial charge in [0.1, 0.15) is 30.2 Å². The number of nitrogens with one attached hydrogen (secondary N) is 3. The molecular formula is C46H57N6O6P. The van der Waals surface area contributed by atoms with Crippen LogP contribution >= 0.6 is 7.14 Å². The Morgan fingerprint density at radius 1 is 0.881 bits per heavy atom. The number of aromatic nitrogens is 1. The first-order chi connectivity index (χ1) is 28.0. The van der Waals surface area contributed by atoms with Crippen LogP contribution in [0.15, 0.2) is 85.1 Å². The van der Waals surface area contributed by atoms with Crippen LogP contribution in [0, 0.1) is 5.92 Å². The van der Waals surface area contributed by atoms with E-state index in [9.17, 15) is 14.2 Å². The van der Waals surface area contributed by atoms with Crippen molar-refractivity contribution in [1.82, 2.24) is 14.8 Å². The number of hydrogen-bond donors (Lipinski definition) is 3. The van der Waals surface area contributed by atoms with Crippen molar-refractivity contribution < 1.29 is 28.4 Å². The number of piperidine rings is 1. The molecule has 1 saturated heterocycles. The minimum Gasteiger partial charge on any atom is -0.497 e. The van der Waals surface area contributed by atoms with E-state index >= 15 is 0 Å². The van der Waals surface area contributed by atoms with Crippen LogP contribution in [0.5, 0.6) is 23.0 Å². The normalized spacial score (nSPS) is 13.8. The maximum absolute atomic E-state index is 13.6. The smallest absolute Gasteiger partial charge is 0.323 e. The predicted octanol–water partition coefficient (Wildman–Crippen LogP) is 9.78. The standard InChI is InChI=1S/C46H57N6O6P/c1-46(2,3)32-26-39(43(57-7)41(27-32)59(8,9)55)50-45(54)49-38-14-15-40(37-13-11-10-12-36(37)38)58-34-16-20-47-42(29-34)48-33-24-31(25-35(28-33)56-6)44(53)52(5)23-19-30-17-21-51(4)22-18-30/h10-16,20,24-30H,17-19,21-23H2,1-9H3,(H,47,48)(H2,49,50,54). The van der Waals surface area contributed by atoms with Crippen molar-refractivity contribution in [1.29, 1.82) is 0 Å². The third-order valence-electron chi connectivity index (χ3n) is 10.8. The average molecular weight is 821 g/mol. The van der Waals surface area contributed by atoms with E-state index < -0.39 is 13.2 Å². The number of carbonyl (C=O) groups is 2. The summed E-state index contributed by atoms with van der Waals surface area (Å²) < 4.78 is 31.0. The first-order valence-corrected chi connectivity index (χ1v) is 22.5. The monoisotopic (exact) mass is 820 g/mol. The van der Waals surface area contributed by atoms with Crippen LogP contribution in [-0.4, -0.2) is 88.0 Å². The second kappa shape index (κ2) is 18.1. The van der Waals surface area contributed by atoms with Crippen LogP contribution in [0.25, 0.3) is 10.8 Å². The number of ether oxygens (including phenoxy) is 3. The fraction of sp³-hybridized carbons (Fsp3) is 0.370. The highest BCUT2D eigenvalue weighted by atomic mass is 31.2. The van der Waals surface area contributed by atoms with Crippen LogP contribution in [-0.2, 0) is 9.98 Å². The molecule has 1 aliphatic heterocycles. The maximum Gasteiger partial charge on any atom is 0.323 e. The molecule has 2 heterocycles. The van der Waals surface area contributed by atoms with E-state index in [1.54, 1.807) is 61.9 Å². The SMILES string of the molecule is COc1cc(Nc2cc(Oc3ccc(NC(=O)Nc4cc(C(C)(C)C)cc(P(C)(C)=O)c4OC)c4ccccc34)ccn2)cc(C(=O)N(C)CCC2CCN(C)CC2)c1. The van der Waals surface area contributed by atoms with Crippen molar-refractivity contribution in [3.63, 3.8) is 0 Å². The highest BCUT2D eigenvalue weighted by Gasteiger charge is 2.26. The number of methoxy groups -OCH3 is 2. The third-order valence-corrected chi connectivity index (χ3v) is 12.3. The van der Waals surface area contributed by atoms with Gasteiger partial charge in [-0.15, -0.1) is 0 Å². The van der Waals surface area contributed by atoms with Gasteiger partial charge < -0.3 is 44.5 Å². The van der Waals surface area contributed by atoms with Crippen molar-refractivity contribution in [3.05, 3.63) is 96.2 Å². The zero-order chi connectivity index (χ0) is 42.5. The molecule has 12 nitrogen and oxygen atoms in total. The number of nitrogens with zero attached hydrogens (tertiary/aromatic N) is 3. The Morgan fingerprint density at radius 3 is 2.27 bits per heavy atom. The number of hydrogen-bond acceptors (Lipinski definition) is 9. The number of rotatable bonds is 13. The number of pyridine rings is 1. The lowest BCUT2D eigenvalue weighted by Gasteiger charge is -2.30. The minimum absolute atomic E-state index is 0.0692. The van der Waals surface area contributed by atoms with Crippen LogP contribution in [0.2, 0.25) is 0 Å². The summed E-state index contributed by atoms with van der Waals surface area (Å²) >= 11 is 0. The summed E-state index contributed by atoms with van der Waals surface area (Å²) in [4.78, 5) is 35.8. The van der Waals surface area contributed by atoms with E-state index in [0.29, 0.717) is 69.2 Å². The zero-order valence-electron chi connectivity index (χ0n) is 35.6. The second-order valence-electron chi connectivity index (χ2n) is 16.7. The van der Waals surface area contributed by atoms with Gasteiger partial charge in [0.2, 0.25) is 0 Å². The van der Waals surface area contributed by atoms with Gasteiger partial charge in [0.05, 0.1) is 30.9 Å². The molecule has 0 radical (unpaired) electrons. The van der Waals surface area contributed by atoms with E-state index in [0.717, 1.165) is 48.7 Å². The summed E-state index contributed by atoms with van der Waals surface area (Å²) in [6, 6.07) is 23.5. The minimum atomic E-state index is -2.75. The number of fused-ring (bicyclic) bond motifs is 1. The second-order valence-corrected chi connectivity index (χ2v) is 19.9. The van der Waals surface area contributed by atoms with Crippen LogP contribution < -0.4 is 35.5 Å². The van der Waals surface area contributed by atoms with Crippen LogP contribution in [0.1, 0.15) is 56.0 Å². The number of anilines is 4. The number of carbonyl (C=O) groups excluding carboxylic acids is 2. The lowest BCUT2D eigenvalue weighted by Crippen LogP contribution is -2.33. The van der Waals surface area contributed by atoms with Crippen LogP contribution in [0.3, 0.4) is 0 Å². The van der Waals surface area contributed by atoms with E-state index in [-0.39, 0.29) is 11.3 Å². The molecule has 6 rings (SSSR count). The van der Waals surface area contributed by atoms with Gasteiger partial charge in [-0.2, -0.15) is 0 Å². The Labute approximate surface area is 348 Å². The molecule has 1 aliphatic rings. The van der Waals surface area contributed by atoms with Crippen molar-refractivity contribution in [2.75, 3.05) is 77.2 Å². The molecule has 4 aromatic carbocycles. The van der Waals surface area contributed by atoms with Crippen molar-refractivity contribution in [3.8, 4) is 23.0 Å². The van der Waals surface area contributed by atoms with Crippen molar-refractivity contribution in [2.24, 2.45) is 5.92 Å². The molecule has 312 valence electrons. The summed E-state index contributed by atoms with van der Waals surface area (Å²) in [5, 5.41) is 11.4. The topological polar surface area (TPSA) is 134 Å². The van der Waals surface area contributed by atoms with E-state index in [1.807, 2.05) is 55.6 Å². The molecule has 5 aromatic rings. The largest absolute Gasteiger partial charge is 0.497 e. The molecule has 59 heavy (non-hydrogen) atoms.